The Balaban J connectivity index is 1.98. The number of hydrogen-bond acceptors (Lipinski definition) is 2. The van der Waals surface area contributed by atoms with Crippen molar-refractivity contribution in [2.24, 2.45) is 0 Å². The van der Waals surface area contributed by atoms with Gasteiger partial charge in [0.2, 0.25) is 0 Å². The van der Waals surface area contributed by atoms with Gasteiger partial charge in [-0.2, -0.15) is 0 Å². The standard InChI is InChI=1S/C16H15ClO2/c1-19-13-9-6-12(7-10-13)8-11-16(18)14-4-2-3-5-15(14)17/h2-7,9-10H,8,11H2,1H3. The first kappa shape index (κ1) is 13.6. The van der Waals surface area contributed by atoms with Crippen LogP contribution < -0.4 is 4.74 Å². The lowest BCUT2D eigenvalue weighted by molar-refractivity contribution is 0.0983. The fourth-order valence-corrected chi connectivity index (χ4v) is 2.11. The van der Waals surface area contributed by atoms with Gasteiger partial charge in [-0.25, -0.2) is 0 Å². The van der Waals surface area contributed by atoms with Gasteiger partial charge >= 0.3 is 0 Å². The first-order chi connectivity index (χ1) is 9.20. The van der Waals surface area contributed by atoms with E-state index in [1.807, 2.05) is 36.4 Å². The highest BCUT2D eigenvalue weighted by Crippen LogP contribution is 2.18. The largest absolute Gasteiger partial charge is 0.497 e. The van der Waals surface area contributed by atoms with Gasteiger partial charge < -0.3 is 4.74 Å². The third-order valence-electron chi connectivity index (χ3n) is 2.97. The molecule has 0 bridgehead atoms. The van der Waals surface area contributed by atoms with Crippen molar-refractivity contribution in [1.29, 1.82) is 0 Å². The Morgan fingerprint density at radius 3 is 2.42 bits per heavy atom. The minimum atomic E-state index is 0.0708. The minimum Gasteiger partial charge on any atom is -0.497 e. The molecule has 0 aliphatic heterocycles. The number of rotatable bonds is 5. The lowest BCUT2D eigenvalue weighted by atomic mass is 10.0. The number of methoxy groups -OCH3 is 1. The second kappa shape index (κ2) is 6.39. The van der Waals surface area contributed by atoms with Gasteiger partial charge in [-0.05, 0) is 36.2 Å². The molecule has 2 nitrogen and oxygen atoms in total. The van der Waals surface area contributed by atoms with Gasteiger partial charge in [0.05, 0.1) is 12.1 Å². The molecule has 2 aromatic carbocycles. The summed E-state index contributed by atoms with van der Waals surface area (Å²) in [6.45, 7) is 0. The minimum absolute atomic E-state index is 0.0708. The van der Waals surface area contributed by atoms with Crippen molar-refractivity contribution in [2.45, 2.75) is 12.8 Å². The normalized spacial score (nSPS) is 10.2. The van der Waals surface area contributed by atoms with Gasteiger partial charge in [0.25, 0.3) is 0 Å². The Hall–Kier alpha value is -1.80. The molecule has 0 radical (unpaired) electrons. The zero-order valence-electron chi connectivity index (χ0n) is 10.7. The van der Waals surface area contributed by atoms with Gasteiger partial charge in [-0.15, -0.1) is 0 Å². The van der Waals surface area contributed by atoms with Crippen molar-refractivity contribution >= 4 is 17.4 Å². The Morgan fingerprint density at radius 1 is 1.11 bits per heavy atom. The van der Waals surface area contributed by atoms with Gasteiger partial charge in [-0.3, -0.25) is 4.79 Å². The lowest BCUT2D eigenvalue weighted by Crippen LogP contribution is -2.01. The molecule has 3 heteroatoms. The van der Waals surface area contributed by atoms with Crippen molar-refractivity contribution in [3.63, 3.8) is 0 Å². The van der Waals surface area contributed by atoms with E-state index >= 15 is 0 Å². The highest BCUT2D eigenvalue weighted by atomic mass is 35.5. The van der Waals surface area contributed by atoms with Crippen LogP contribution in [0.1, 0.15) is 22.3 Å². The zero-order valence-corrected chi connectivity index (χ0v) is 11.5. The third kappa shape index (κ3) is 3.58. The Labute approximate surface area is 118 Å². The molecule has 2 rings (SSSR count). The number of Topliss-reactive ketones (excluding diaryl/α,β-unsaturated/α-hetero) is 1. The summed E-state index contributed by atoms with van der Waals surface area (Å²) in [5.41, 5.74) is 1.71. The van der Waals surface area contributed by atoms with E-state index < -0.39 is 0 Å². The third-order valence-corrected chi connectivity index (χ3v) is 3.30. The van der Waals surface area contributed by atoms with Crippen LogP contribution in [0.3, 0.4) is 0 Å². The molecule has 0 aliphatic rings. The number of hydrogen-bond donors (Lipinski definition) is 0. The van der Waals surface area contributed by atoms with Crippen molar-refractivity contribution in [3.05, 3.63) is 64.7 Å². The molecule has 0 unspecified atom stereocenters. The first-order valence-electron chi connectivity index (χ1n) is 6.11. The lowest BCUT2D eigenvalue weighted by Gasteiger charge is -2.05. The maximum absolute atomic E-state index is 12.1. The molecule has 0 N–H and O–H groups in total. The van der Waals surface area contributed by atoms with Crippen LogP contribution >= 0.6 is 11.6 Å². The molecule has 19 heavy (non-hydrogen) atoms. The summed E-state index contributed by atoms with van der Waals surface area (Å²) in [6, 6.07) is 14.9. The number of ether oxygens (including phenoxy) is 1. The van der Waals surface area contributed by atoms with E-state index in [0.29, 0.717) is 23.4 Å². The van der Waals surface area contributed by atoms with Gasteiger partial charge in [-0.1, -0.05) is 35.9 Å². The van der Waals surface area contributed by atoms with E-state index in [9.17, 15) is 4.79 Å². The van der Waals surface area contributed by atoms with E-state index in [0.717, 1.165) is 11.3 Å². The molecule has 98 valence electrons. The maximum atomic E-state index is 12.1. The predicted molar refractivity (Wildman–Crippen MR) is 77.1 cm³/mol. The second-order valence-electron chi connectivity index (χ2n) is 4.25. The summed E-state index contributed by atoms with van der Waals surface area (Å²) < 4.78 is 5.10. The van der Waals surface area contributed by atoms with E-state index in [-0.39, 0.29) is 5.78 Å². The summed E-state index contributed by atoms with van der Waals surface area (Å²) in [5, 5.41) is 0.516. The predicted octanol–water partition coefficient (Wildman–Crippen LogP) is 4.16. The fraction of sp³-hybridized carbons (Fsp3) is 0.188. The number of carbonyl (C=O) groups is 1. The smallest absolute Gasteiger partial charge is 0.164 e. The average Bonchev–Trinajstić information content (AvgIpc) is 2.46. The molecular weight excluding hydrogens is 260 g/mol. The van der Waals surface area contributed by atoms with Crippen LogP contribution in [0.15, 0.2) is 48.5 Å². The summed E-state index contributed by atoms with van der Waals surface area (Å²) in [6.07, 6.45) is 1.16. The Bertz CT molecular complexity index is 561. The number of carbonyl (C=O) groups excluding carboxylic acids is 1. The van der Waals surface area contributed by atoms with Crippen LogP contribution in [0, 0.1) is 0 Å². The number of halogens is 1. The van der Waals surface area contributed by atoms with Crippen LogP contribution in [0.4, 0.5) is 0 Å². The van der Waals surface area contributed by atoms with Crippen LogP contribution in [0.25, 0.3) is 0 Å². The van der Waals surface area contributed by atoms with Crippen LogP contribution in [-0.2, 0) is 6.42 Å². The number of aryl methyl sites for hydroxylation is 1. The van der Waals surface area contributed by atoms with E-state index in [2.05, 4.69) is 0 Å². The molecule has 0 heterocycles. The number of ketones is 1. The van der Waals surface area contributed by atoms with Crippen molar-refractivity contribution in [3.8, 4) is 5.75 Å². The van der Waals surface area contributed by atoms with E-state index in [4.69, 9.17) is 16.3 Å². The van der Waals surface area contributed by atoms with Gasteiger partial charge in [0.15, 0.2) is 5.78 Å². The van der Waals surface area contributed by atoms with Crippen molar-refractivity contribution in [2.75, 3.05) is 7.11 Å². The van der Waals surface area contributed by atoms with Crippen LogP contribution in [-0.4, -0.2) is 12.9 Å². The van der Waals surface area contributed by atoms with Crippen LogP contribution in [0.2, 0.25) is 5.02 Å². The Morgan fingerprint density at radius 2 is 1.79 bits per heavy atom. The highest BCUT2D eigenvalue weighted by Gasteiger charge is 2.09. The molecule has 0 saturated carbocycles. The molecule has 0 atom stereocenters. The molecule has 0 fully saturated rings. The van der Waals surface area contributed by atoms with E-state index in [1.54, 1.807) is 19.2 Å². The van der Waals surface area contributed by atoms with Gasteiger partial charge in [0, 0.05) is 12.0 Å². The fourth-order valence-electron chi connectivity index (χ4n) is 1.87. The molecule has 0 aliphatic carbocycles. The topological polar surface area (TPSA) is 26.3 Å². The maximum Gasteiger partial charge on any atom is 0.164 e. The monoisotopic (exact) mass is 274 g/mol. The summed E-state index contributed by atoms with van der Waals surface area (Å²) in [4.78, 5) is 12.1. The highest BCUT2D eigenvalue weighted by molar-refractivity contribution is 6.33. The molecule has 2 aromatic rings. The van der Waals surface area contributed by atoms with Crippen LogP contribution in [0.5, 0.6) is 5.75 Å². The summed E-state index contributed by atoms with van der Waals surface area (Å²) >= 11 is 6.00. The summed E-state index contributed by atoms with van der Waals surface area (Å²) in [7, 11) is 1.63. The zero-order chi connectivity index (χ0) is 13.7. The molecule has 0 aromatic heterocycles. The van der Waals surface area contributed by atoms with E-state index in [1.165, 1.54) is 0 Å². The molecular formula is C16H15ClO2. The van der Waals surface area contributed by atoms with Crippen molar-refractivity contribution < 1.29 is 9.53 Å². The van der Waals surface area contributed by atoms with Crippen molar-refractivity contribution in [1.82, 2.24) is 0 Å². The molecule has 0 amide bonds. The quantitative estimate of drug-likeness (QED) is 0.765. The SMILES string of the molecule is COc1ccc(CCC(=O)c2ccccc2Cl)cc1. The molecule has 0 saturated heterocycles. The first-order valence-corrected chi connectivity index (χ1v) is 6.49. The van der Waals surface area contributed by atoms with Gasteiger partial charge in [0.1, 0.15) is 5.75 Å². The molecule has 0 spiro atoms. The summed E-state index contributed by atoms with van der Waals surface area (Å²) in [5.74, 6) is 0.891. The number of benzene rings is 2. The second-order valence-corrected chi connectivity index (χ2v) is 4.66. The average molecular weight is 275 g/mol. The Kier molecular flexibility index (Phi) is 4.58.